The van der Waals surface area contributed by atoms with Crippen LogP contribution in [0, 0.1) is 0 Å². The van der Waals surface area contributed by atoms with Gasteiger partial charge in [-0.2, -0.15) is 0 Å². The summed E-state index contributed by atoms with van der Waals surface area (Å²) in [5, 5.41) is 0. The molecule has 9 heteroatoms. The van der Waals surface area contributed by atoms with Crippen LogP contribution in [0.1, 0.15) is 155 Å². The summed E-state index contributed by atoms with van der Waals surface area (Å²) in [6.45, 7) is 3.59. The lowest BCUT2D eigenvalue weighted by Gasteiger charge is -2.18. The molecule has 0 radical (unpaired) electrons. The molecule has 0 spiro atoms. The van der Waals surface area contributed by atoms with E-state index in [4.69, 9.17) is 19.3 Å². The Hall–Kier alpha value is -1.21. The lowest BCUT2D eigenvalue weighted by atomic mass is 10.1. The average molecular weight is 591 g/mol. The molecule has 0 heterocycles. The number of esters is 2. The molecule has 236 valence electrons. The predicted molar refractivity (Wildman–Crippen MR) is 161 cm³/mol. The molecule has 0 bridgehead atoms. The summed E-state index contributed by atoms with van der Waals surface area (Å²) in [4.78, 5) is 42.3. The maximum Gasteiger partial charge on any atom is 0.469 e. The Morgan fingerprint density at radius 1 is 0.625 bits per heavy atom. The van der Waals surface area contributed by atoms with Gasteiger partial charge in [0.1, 0.15) is 6.61 Å². The van der Waals surface area contributed by atoms with E-state index in [1.807, 2.05) is 0 Å². The van der Waals surface area contributed by atoms with Crippen molar-refractivity contribution in [2.75, 3.05) is 13.2 Å². The number of phosphoric acid groups is 1. The number of allylic oxidation sites excluding steroid dienone is 2. The zero-order chi connectivity index (χ0) is 29.7. The highest BCUT2D eigenvalue weighted by Crippen LogP contribution is 2.35. The van der Waals surface area contributed by atoms with Crippen LogP contribution in [0.3, 0.4) is 0 Å². The van der Waals surface area contributed by atoms with E-state index in [0.29, 0.717) is 6.42 Å². The molecule has 0 amide bonds. The Kier molecular flexibility index (Phi) is 27.1. The minimum Gasteiger partial charge on any atom is -0.462 e. The minimum absolute atomic E-state index is 0.212. The molecule has 0 aromatic carbocycles. The van der Waals surface area contributed by atoms with E-state index in [1.54, 1.807) is 0 Å². The molecule has 0 aromatic rings. The van der Waals surface area contributed by atoms with Crippen LogP contribution in [0.4, 0.5) is 0 Å². The fraction of sp³-hybridized carbons (Fsp3) is 0.871. The quantitative estimate of drug-likeness (QED) is 0.0384. The number of phosphoric ester groups is 1. The first kappa shape index (κ1) is 38.8. The van der Waals surface area contributed by atoms with Crippen LogP contribution >= 0.6 is 7.82 Å². The summed E-state index contributed by atoms with van der Waals surface area (Å²) in [5.74, 6) is -0.895. The number of ether oxygens (including phenoxy) is 2. The highest BCUT2D eigenvalue weighted by Gasteiger charge is 2.22. The van der Waals surface area contributed by atoms with Gasteiger partial charge in [0.15, 0.2) is 6.10 Å². The number of hydrogen-bond donors (Lipinski definition) is 2. The lowest BCUT2D eigenvalue weighted by molar-refractivity contribution is -0.161. The number of carbonyl (C=O) groups excluding carboxylic acids is 2. The SMILES string of the molecule is CCCCCC/C=C/CCCCCCCCCC(=O)OC[C@H](COP(=O)(O)O)OC(=O)CCCCCCCCC. The molecular weight excluding hydrogens is 531 g/mol. The molecule has 0 unspecified atom stereocenters. The third-order valence-corrected chi connectivity index (χ3v) is 7.27. The third-order valence-electron chi connectivity index (χ3n) is 6.78. The van der Waals surface area contributed by atoms with Crippen LogP contribution in [0.5, 0.6) is 0 Å². The minimum atomic E-state index is -4.73. The molecule has 0 fully saturated rings. The highest BCUT2D eigenvalue weighted by molar-refractivity contribution is 7.46. The van der Waals surface area contributed by atoms with Gasteiger partial charge in [0.05, 0.1) is 6.61 Å². The summed E-state index contributed by atoms with van der Waals surface area (Å²) in [7, 11) is -4.73. The van der Waals surface area contributed by atoms with E-state index in [2.05, 4.69) is 30.5 Å². The van der Waals surface area contributed by atoms with Crippen LogP contribution in [0.2, 0.25) is 0 Å². The fourth-order valence-electron chi connectivity index (χ4n) is 4.37. The summed E-state index contributed by atoms with van der Waals surface area (Å²) in [6.07, 6.45) is 26.7. The average Bonchev–Trinajstić information content (AvgIpc) is 2.91. The summed E-state index contributed by atoms with van der Waals surface area (Å²) >= 11 is 0. The molecule has 0 saturated heterocycles. The second-order valence-electron chi connectivity index (χ2n) is 10.8. The molecule has 2 N–H and O–H groups in total. The molecular formula is C31H59O8P. The van der Waals surface area contributed by atoms with Gasteiger partial charge in [0.25, 0.3) is 0 Å². The van der Waals surface area contributed by atoms with Gasteiger partial charge >= 0.3 is 19.8 Å². The molecule has 0 aliphatic carbocycles. The zero-order valence-corrected chi connectivity index (χ0v) is 26.4. The van der Waals surface area contributed by atoms with Crippen LogP contribution in [0.25, 0.3) is 0 Å². The highest BCUT2D eigenvalue weighted by atomic mass is 31.2. The van der Waals surface area contributed by atoms with Crippen molar-refractivity contribution in [3.8, 4) is 0 Å². The van der Waals surface area contributed by atoms with E-state index in [9.17, 15) is 14.2 Å². The van der Waals surface area contributed by atoms with Gasteiger partial charge in [-0.05, 0) is 38.5 Å². The first-order chi connectivity index (χ1) is 19.3. The van der Waals surface area contributed by atoms with Crippen molar-refractivity contribution in [2.24, 2.45) is 0 Å². The van der Waals surface area contributed by atoms with Crippen molar-refractivity contribution in [3.63, 3.8) is 0 Å². The Bertz CT molecular complexity index is 676. The Morgan fingerprint density at radius 2 is 1.05 bits per heavy atom. The predicted octanol–water partition coefficient (Wildman–Crippen LogP) is 8.73. The third kappa shape index (κ3) is 29.8. The van der Waals surface area contributed by atoms with Crippen molar-refractivity contribution in [1.82, 2.24) is 0 Å². The van der Waals surface area contributed by atoms with Crippen molar-refractivity contribution < 1.29 is 37.9 Å². The summed E-state index contributed by atoms with van der Waals surface area (Å²) in [5.41, 5.74) is 0. The van der Waals surface area contributed by atoms with Gasteiger partial charge in [-0.25, -0.2) is 4.57 Å². The summed E-state index contributed by atoms with van der Waals surface area (Å²) < 4.78 is 26.1. The normalized spacial score (nSPS) is 12.6. The maximum atomic E-state index is 12.2. The monoisotopic (exact) mass is 590 g/mol. The van der Waals surface area contributed by atoms with Crippen LogP contribution in [0.15, 0.2) is 12.2 Å². The number of unbranched alkanes of at least 4 members (excludes halogenated alkanes) is 17. The van der Waals surface area contributed by atoms with Crippen molar-refractivity contribution in [2.45, 2.75) is 161 Å². The van der Waals surface area contributed by atoms with E-state index in [1.165, 1.54) is 70.6 Å². The molecule has 8 nitrogen and oxygen atoms in total. The van der Waals surface area contributed by atoms with Crippen LogP contribution in [-0.2, 0) is 28.2 Å². The molecule has 0 aromatic heterocycles. The van der Waals surface area contributed by atoms with Crippen molar-refractivity contribution in [3.05, 3.63) is 12.2 Å². The molecule has 40 heavy (non-hydrogen) atoms. The largest absolute Gasteiger partial charge is 0.469 e. The van der Waals surface area contributed by atoms with E-state index in [-0.39, 0.29) is 19.4 Å². The van der Waals surface area contributed by atoms with Gasteiger partial charge in [-0.1, -0.05) is 116 Å². The molecule has 0 rings (SSSR count). The van der Waals surface area contributed by atoms with Gasteiger partial charge in [-0.3, -0.25) is 14.1 Å². The zero-order valence-electron chi connectivity index (χ0n) is 25.5. The van der Waals surface area contributed by atoms with Gasteiger partial charge < -0.3 is 19.3 Å². The van der Waals surface area contributed by atoms with Crippen LogP contribution in [-0.4, -0.2) is 41.0 Å². The molecule has 0 aliphatic rings. The van der Waals surface area contributed by atoms with Crippen molar-refractivity contribution >= 4 is 19.8 Å². The molecule has 0 saturated carbocycles. The lowest BCUT2D eigenvalue weighted by Crippen LogP contribution is -2.29. The Labute approximate surface area is 244 Å². The number of hydrogen-bond acceptors (Lipinski definition) is 6. The van der Waals surface area contributed by atoms with Gasteiger partial charge in [0.2, 0.25) is 0 Å². The Morgan fingerprint density at radius 3 is 1.55 bits per heavy atom. The van der Waals surface area contributed by atoms with E-state index < -0.39 is 32.5 Å². The first-order valence-electron chi connectivity index (χ1n) is 16.0. The standard InChI is InChI=1S/C31H59O8P/c1-3-5-7-9-11-12-13-14-15-16-17-18-20-21-23-25-30(32)37-27-29(28-38-40(34,35)36)39-31(33)26-24-22-19-10-8-6-4-2/h12-13,29H,3-11,14-28H2,1-2H3,(H2,34,35,36)/b13-12+/t29-/m1/s1. The fourth-order valence-corrected chi connectivity index (χ4v) is 4.73. The van der Waals surface area contributed by atoms with Gasteiger partial charge in [-0.15, -0.1) is 0 Å². The smallest absolute Gasteiger partial charge is 0.462 e. The molecule has 0 aliphatic heterocycles. The maximum absolute atomic E-state index is 12.2. The van der Waals surface area contributed by atoms with E-state index >= 15 is 0 Å². The Balaban J connectivity index is 3.96. The number of rotatable bonds is 29. The van der Waals surface area contributed by atoms with Crippen molar-refractivity contribution in [1.29, 1.82) is 0 Å². The summed E-state index contributed by atoms with van der Waals surface area (Å²) in [6, 6.07) is 0. The first-order valence-corrected chi connectivity index (χ1v) is 17.5. The van der Waals surface area contributed by atoms with E-state index in [0.717, 1.165) is 51.4 Å². The molecule has 1 atom stereocenters. The topological polar surface area (TPSA) is 119 Å². The second-order valence-corrected chi connectivity index (χ2v) is 12.0. The van der Waals surface area contributed by atoms with Crippen LogP contribution < -0.4 is 0 Å². The number of carbonyl (C=O) groups is 2. The van der Waals surface area contributed by atoms with Gasteiger partial charge in [0, 0.05) is 12.8 Å². The second kappa shape index (κ2) is 27.9.